The van der Waals surface area contributed by atoms with Crippen molar-refractivity contribution in [3.8, 4) is 0 Å². The molecule has 3 nitrogen and oxygen atoms in total. The van der Waals surface area contributed by atoms with Gasteiger partial charge in [0.15, 0.2) is 0 Å². The molecule has 0 aliphatic carbocycles. The summed E-state index contributed by atoms with van der Waals surface area (Å²) in [6, 6.07) is 11.7. The van der Waals surface area contributed by atoms with E-state index in [4.69, 9.17) is 0 Å². The van der Waals surface area contributed by atoms with E-state index in [2.05, 4.69) is 18.7 Å². The zero-order valence-electron chi connectivity index (χ0n) is 11.2. The fourth-order valence-corrected chi connectivity index (χ4v) is 2.82. The van der Waals surface area contributed by atoms with Gasteiger partial charge in [0, 0.05) is 13.1 Å². The molecule has 0 atom stereocenters. The molecular weight excluding hydrogens is 238 g/mol. The maximum Gasteiger partial charge on any atom is 0.337 e. The normalized spacial score (nSPS) is 17.3. The lowest BCUT2D eigenvalue weighted by Gasteiger charge is -2.47. The molecule has 0 spiro atoms. The van der Waals surface area contributed by atoms with Gasteiger partial charge in [-0.25, -0.2) is 4.79 Å². The maximum absolute atomic E-state index is 11.4. The summed E-state index contributed by atoms with van der Waals surface area (Å²) in [5.41, 5.74) is 1.52. The van der Waals surface area contributed by atoms with E-state index in [1.807, 2.05) is 30.3 Å². The highest BCUT2D eigenvalue weighted by atomic mass is 16.4. The molecule has 3 heteroatoms. The Morgan fingerprint density at radius 3 is 2.26 bits per heavy atom. The van der Waals surface area contributed by atoms with Crippen LogP contribution < -0.4 is 4.90 Å². The lowest BCUT2D eigenvalue weighted by Crippen LogP contribution is -2.53. The maximum atomic E-state index is 11.4. The van der Waals surface area contributed by atoms with E-state index in [0.717, 1.165) is 29.5 Å². The predicted molar refractivity (Wildman–Crippen MR) is 76.9 cm³/mol. The molecule has 0 unspecified atom stereocenters. The molecule has 0 bridgehead atoms. The SMILES string of the molecule is CC1(C)CN(c2cc3ccccc3cc2C(=O)O)C1. The molecule has 1 aliphatic heterocycles. The zero-order valence-corrected chi connectivity index (χ0v) is 11.2. The Bertz CT molecular complexity index is 653. The third-order valence-electron chi connectivity index (χ3n) is 3.67. The number of carboxylic acid groups (broad SMARTS) is 1. The second-order valence-corrected chi connectivity index (χ2v) is 6.04. The van der Waals surface area contributed by atoms with E-state index in [-0.39, 0.29) is 5.41 Å². The molecule has 2 aromatic rings. The number of hydrogen-bond donors (Lipinski definition) is 1. The van der Waals surface area contributed by atoms with Crippen LogP contribution >= 0.6 is 0 Å². The van der Waals surface area contributed by atoms with E-state index in [1.54, 1.807) is 6.07 Å². The summed E-state index contributed by atoms with van der Waals surface area (Å²) < 4.78 is 0. The molecule has 0 aromatic heterocycles. The van der Waals surface area contributed by atoms with Gasteiger partial charge in [0.1, 0.15) is 0 Å². The number of nitrogens with zero attached hydrogens (tertiary/aromatic N) is 1. The van der Waals surface area contributed by atoms with Crippen molar-refractivity contribution >= 4 is 22.4 Å². The van der Waals surface area contributed by atoms with Gasteiger partial charge in [0.2, 0.25) is 0 Å². The largest absolute Gasteiger partial charge is 0.478 e. The first-order chi connectivity index (χ1) is 8.96. The van der Waals surface area contributed by atoms with Crippen LogP contribution in [0.15, 0.2) is 36.4 Å². The summed E-state index contributed by atoms with van der Waals surface area (Å²) in [5, 5.41) is 11.5. The summed E-state index contributed by atoms with van der Waals surface area (Å²) in [5.74, 6) is -0.856. The Labute approximate surface area is 112 Å². The van der Waals surface area contributed by atoms with Gasteiger partial charge < -0.3 is 10.0 Å². The second kappa shape index (κ2) is 3.98. The number of rotatable bonds is 2. The number of fused-ring (bicyclic) bond motifs is 1. The minimum Gasteiger partial charge on any atom is -0.478 e. The van der Waals surface area contributed by atoms with Crippen LogP contribution in [-0.2, 0) is 0 Å². The standard InChI is InChI=1S/C16H17NO2/c1-16(2)9-17(10-16)14-8-12-6-4-3-5-11(12)7-13(14)15(18)19/h3-8H,9-10H2,1-2H3,(H,18,19). The highest BCUT2D eigenvalue weighted by Gasteiger charge is 2.35. The van der Waals surface area contributed by atoms with Crippen LogP contribution in [0, 0.1) is 5.41 Å². The van der Waals surface area contributed by atoms with Gasteiger partial charge in [-0.3, -0.25) is 0 Å². The number of carbonyl (C=O) groups is 1. The molecule has 0 radical (unpaired) electrons. The molecule has 1 saturated heterocycles. The molecule has 1 aliphatic rings. The molecule has 98 valence electrons. The van der Waals surface area contributed by atoms with Crippen LogP contribution in [0.3, 0.4) is 0 Å². The van der Waals surface area contributed by atoms with Crippen molar-refractivity contribution in [2.45, 2.75) is 13.8 Å². The molecule has 1 N–H and O–H groups in total. The highest BCUT2D eigenvalue weighted by Crippen LogP contribution is 2.37. The average Bonchev–Trinajstić information content (AvgIpc) is 2.34. The monoisotopic (exact) mass is 255 g/mol. The summed E-state index contributed by atoms with van der Waals surface area (Å²) in [4.78, 5) is 13.6. The third kappa shape index (κ3) is 2.05. The predicted octanol–water partition coefficient (Wildman–Crippen LogP) is 3.38. The highest BCUT2D eigenvalue weighted by molar-refractivity contribution is 6.01. The van der Waals surface area contributed by atoms with Crippen molar-refractivity contribution in [2.24, 2.45) is 5.41 Å². The Kier molecular flexibility index (Phi) is 2.52. The van der Waals surface area contributed by atoms with Crippen molar-refractivity contribution in [3.05, 3.63) is 42.0 Å². The fraction of sp³-hybridized carbons (Fsp3) is 0.312. The quantitative estimate of drug-likeness (QED) is 0.894. The first-order valence-corrected chi connectivity index (χ1v) is 6.47. The van der Waals surface area contributed by atoms with Crippen LogP contribution in [0.4, 0.5) is 5.69 Å². The van der Waals surface area contributed by atoms with E-state index in [0.29, 0.717) is 5.56 Å². The summed E-state index contributed by atoms with van der Waals surface area (Å²) in [6.07, 6.45) is 0. The molecule has 0 saturated carbocycles. The van der Waals surface area contributed by atoms with Crippen molar-refractivity contribution in [2.75, 3.05) is 18.0 Å². The second-order valence-electron chi connectivity index (χ2n) is 6.04. The van der Waals surface area contributed by atoms with Crippen molar-refractivity contribution in [1.29, 1.82) is 0 Å². The molecule has 1 fully saturated rings. The minimum atomic E-state index is -0.856. The first-order valence-electron chi connectivity index (χ1n) is 6.47. The Hall–Kier alpha value is -2.03. The van der Waals surface area contributed by atoms with Gasteiger partial charge in [-0.2, -0.15) is 0 Å². The van der Waals surface area contributed by atoms with Crippen molar-refractivity contribution < 1.29 is 9.90 Å². The summed E-state index contributed by atoms with van der Waals surface area (Å²) in [7, 11) is 0. The molecule has 1 heterocycles. The number of anilines is 1. The van der Waals surface area contributed by atoms with E-state index >= 15 is 0 Å². The number of carboxylic acids is 1. The molecule has 0 amide bonds. The summed E-state index contributed by atoms with van der Waals surface area (Å²) >= 11 is 0. The van der Waals surface area contributed by atoms with Gasteiger partial charge >= 0.3 is 5.97 Å². The van der Waals surface area contributed by atoms with Gasteiger partial charge in [-0.05, 0) is 28.3 Å². The van der Waals surface area contributed by atoms with Crippen molar-refractivity contribution in [3.63, 3.8) is 0 Å². The fourth-order valence-electron chi connectivity index (χ4n) is 2.82. The molecule has 3 rings (SSSR count). The van der Waals surface area contributed by atoms with Crippen LogP contribution in [0.2, 0.25) is 0 Å². The molecular formula is C16H17NO2. The van der Waals surface area contributed by atoms with Gasteiger partial charge in [0.05, 0.1) is 11.3 Å². The number of hydrogen-bond acceptors (Lipinski definition) is 2. The lowest BCUT2D eigenvalue weighted by atomic mass is 9.83. The Morgan fingerprint density at radius 2 is 1.74 bits per heavy atom. The van der Waals surface area contributed by atoms with E-state index in [9.17, 15) is 9.90 Å². The summed E-state index contributed by atoms with van der Waals surface area (Å²) in [6.45, 7) is 6.22. The number of benzene rings is 2. The minimum absolute atomic E-state index is 0.279. The smallest absolute Gasteiger partial charge is 0.337 e. The van der Waals surface area contributed by atoms with Gasteiger partial charge in [-0.15, -0.1) is 0 Å². The van der Waals surface area contributed by atoms with Gasteiger partial charge in [-0.1, -0.05) is 38.1 Å². The van der Waals surface area contributed by atoms with Crippen LogP contribution in [-0.4, -0.2) is 24.2 Å². The van der Waals surface area contributed by atoms with Crippen molar-refractivity contribution in [1.82, 2.24) is 0 Å². The van der Waals surface area contributed by atoms with Crippen LogP contribution in [0.1, 0.15) is 24.2 Å². The first kappa shape index (κ1) is 12.0. The zero-order chi connectivity index (χ0) is 13.6. The van der Waals surface area contributed by atoms with Gasteiger partial charge in [0.25, 0.3) is 0 Å². The van der Waals surface area contributed by atoms with Crippen LogP contribution in [0.25, 0.3) is 10.8 Å². The van der Waals surface area contributed by atoms with E-state index < -0.39 is 5.97 Å². The number of aromatic carboxylic acids is 1. The average molecular weight is 255 g/mol. The topological polar surface area (TPSA) is 40.5 Å². The Balaban J connectivity index is 2.11. The Morgan fingerprint density at radius 1 is 1.16 bits per heavy atom. The third-order valence-corrected chi connectivity index (χ3v) is 3.67. The lowest BCUT2D eigenvalue weighted by molar-refractivity contribution is 0.0697. The molecule has 19 heavy (non-hydrogen) atoms. The molecule has 2 aromatic carbocycles. The van der Waals surface area contributed by atoms with E-state index in [1.165, 1.54) is 0 Å². The van der Waals surface area contributed by atoms with Crippen LogP contribution in [0.5, 0.6) is 0 Å².